The van der Waals surface area contributed by atoms with E-state index in [0.29, 0.717) is 18.7 Å². The van der Waals surface area contributed by atoms with Crippen LogP contribution in [-0.2, 0) is 17.8 Å². The monoisotopic (exact) mass is 333 g/mol. The molecule has 0 atom stereocenters. The number of aryl methyl sites for hydroxylation is 1. The van der Waals surface area contributed by atoms with Gasteiger partial charge >= 0.3 is 0 Å². The van der Waals surface area contributed by atoms with Crippen molar-refractivity contribution in [2.24, 2.45) is 0 Å². The number of carbonyl (C=O) groups excluding carboxylic acids is 1. The Bertz CT molecular complexity index is 680. The molecule has 1 aliphatic heterocycles. The summed E-state index contributed by atoms with van der Waals surface area (Å²) in [6, 6.07) is 6.48. The second-order valence-corrected chi connectivity index (χ2v) is 6.85. The zero-order valence-corrected chi connectivity index (χ0v) is 14.0. The molecule has 23 heavy (non-hydrogen) atoms. The van der Waals surface area contributed by atoms with E-state index in [1.807, 2.05) is 11.8 Å². The summed E-state index contributed by atoms with van der Waals surface area (Å²) < 4.78 is 13.6. The fraction of sp³-hybridized carbons (Fsp3) is 0.412. The lowest BCUT2D eigenvalue weighted by Crippen LogP contribution is -2.48. The number of piperazine rings is 1. The first kappa shape index (κ1) is 16.1. The molecule has 1 saturated heterocycles. The Morgan fingerprint density at radius 1 is 1.26 bits per heavy atom. The quantitative estimate of drug-likeness (QED) is 0.862. The highest BCUT2D eigenvalue weighted by atomic mass is 32.1. The molecule has 3 rings (SSSR count). The number of halogens is 1. The Morgan fingerprint density at radius 3 is 2.65 bits per heavy atom. The first-order valence-corrected chi connectivity index (χ1v) is 8.64. The van der Waals surface area contributed by atoms with Crippen LogP contribution in [0.4, 0.5) is 4.39 Å². The topological polar surface area (TPSA) is 36.4 Å². The third kappa shape index (κ3) is 4.14. The van der Waals surface area contributed by atoms with Crippen molar-refractivity contribution in [2.45, 2.75) is 19.9 Å². The highest BCUT2D eigenvalue weighted by molar-refractivity contribution is 7.09. The van der Waals surface area contributed by atoms with Gasteiger partial charge < -0.3 is 4.90 Å². The van der Waals surface area contributed by atoms with Gasteiger partial charge in [-0.1, -0.05) is 18.2 Å². The van der Waals surface area contributed by atoms with Crippen LogP contribution in [0.2, 0.25) is 0 Å². The second kappa shape index (κ2) is 7.19. The van der Waals surface area contributed by atoms with Crippen molar-refractivity contribution in [1.82, 2.24) is 14.8 Å². The minimum absolute atomic E-state index is 0.000692. The summed E-state index contributed by atoms with van der Waals surface area (Å²) in [7, 11) is 0. The summed E-state index contributed by atoms with van der Waals surface area (Å²) in [5.74, 6) is -0.308. The molecule has 1 aromatic carbocycles. The summed E-state index contributed by atoms with van der Waals surface area (Å²) in [6.07, 6.45) is 0.137. The molecule has 0 saturated carbocycles. The molecule has 0 N–H and O–H groups in total. The van der Waals surface area contributed by atoms with Gasteiger partial charge in [0, 0.05) is 38.1 Å². The molecule has 1 fully saturated rings. The van der Waals surface area contributed by atoms with Gasteiger partial charge in [0.1, 0.15) is 5.82 Å². The minimum atomic E-state index is -0.307. The van der Waals surface area contributed by atoms with Crippen molar-refractivity contribution < 1.29 is 9.18 Å². The Balaban J connectivity index is 1.50. The maximum atomic E-state index is 13.6. The number of hydrogen-bond acceptors (Lipinski definition) is 4. The van der Waals surface area contributed by atoms with Gasteiger partial charge in [0.2, 0.25) is 5.91 Å². The van der Waals surface area contributed by atoms with Crippen LogP contribution in [0.3, 0.4) is 0 Å². The number of nitrogens with zero attached hydrogens (tertiary/aromatic N) is 3. The molecule has 1 amide bonds. The van der Waals surface area contributed by atoms with Crippen LogP contribution in [0.15, 0.2) is 29.6 Å². The van der Waals surface area contributed by atoms with E-state index in [-0.39, 0.29) is 18.1 Å². The smallest absolute Gasteiger partial charge is 0.227 e. The van der Waals surface area contributed by atoms with Gasteiger partial charge in [-0.2, -0.15) is 0 Å². The van der Waals surface area contributed by atoms with Gasteiger partial charge in [0.25, 0.3) is 0 Å². The van der Waals surface area contributed by atoms with E-state index in [0.717, 1.165) is 30.3 Å². The highest BCUT2D eigenvalue weighted by Gasteiger charge is 2.22. The number of hydrogen-bond donors (Lipinski definition) is 0. The minimum Gasteiger partial charge on any atom is -0.340 e. The summed E-state index contributed by atoms with van der Waals surface area (Å²) in [5, 5.41) is 3.17. The van der Waals surface area contributed by atoms with Crippen LogP contribution < -0.4 is 0 Å². The fourth-order valence-corrected chi connectivity index (χ4v) is 3.39. The average Bonchev–Trinajstić information content (AvgIpc) is 2.95. The lowest BCUT2D eigenvalue weighted by Gasteiger charge is -2.34. The molecule has 0 radical (unpaired) electrons. The Hall–Kier alpha value is -1.79. The molecule has 0 aliphatic carbocycles. The van der Waals surface area contributed by atoms with Crippen LogP contribution in [0, 0.1) is 12.7 Å². The maximum Gasteiger partial charge on any atom is 0.227 e. The summed E-state index contributed by atoms with van der Waals surface area (Å²) >= 11 is 1.66. The van der Waals surface area contributed by atoms with Gasteiger partial charge in [-0.3, -0.25) is 9.69 Å². The highest BCUT2D eigenvalue weighted by Crippen LogP contribution is 2.14. The number of amides is 1. The standard InChI is InChI=1S/C17H20FN3OS/c1-13-19-15(12-23-13)11-20-6-8-21(9-7-20)17(22)10-14-4-2-3-5-16(14)18/h2-5,12H,6-11H2,1H3. The zero-order valence-electron chi connectivity index (χ0n) is 13.2. The summed E-state index contributed by atoms with van der Waals surface area (Å²) in [6.45, 7) is 5.89. The number of aromatic nitrogens is 1. The third-order valence-electron chi connectivity index (χ3n) is 4.08. The van der Waals surface area contributed by atoms with Crippen LogP contribution in [-0.4, -0.2) is 46.9 Å². The van der Waals surface area contributed by atoms with E-state index in [1.165, 1.54) is 6.07 Å². The number of rotatable bonds is 4. The molecular weight excluding hydrogens is 313 g/mol. The van der Waals surface area contributed by atoms with Crippen LogP contribution in [0.1, 0.15) is 16.3 Å². The first-order chi connectivity index (χ1) is 11.1. The van der Waals surface area contributed by atoms with Gasteiger partial charge in [0.05, 0.1) is 17.1 Å². The van der Waals surface area contributed by atoms with Crippen molar-refractivity contribution in [1.29, 1.82) is 0 Å². The fourth-order valence-electron chi connectivity index (χ4n) is 2.78. The van der Waals surface area contributed by atoms with E-state index >= 15 is 0 Å². The lowest BCUT2D eigenvalue weighted by molar-refractivity contribution is -0.132. The number of benzene rings is 1. The molecule has 2 aromatic rings. The maximum absolute atomic E-state index is 13.6. The Morgan fingerprint density at radius 2 is 2.00 bits per heavy atom. The van der Waals surface area contributed by atoms with Crippen LogP contribution >= 0.6 is 11.3 Å². The normalized spacial score (nSPS) is 15.8. The average molecular weight is 333 g/mol. The summed E-state index contributed by atoms with van der Waals surface area (Å²) in [4.78, 5) is 20.9. The molecule has 0 spiro atoms. The van der Waals surface area contributed by atoms with Gasteiger partial charge in [-0.25, -0.2) is 9.37 Å². The molecule has 1 aromatic heterocycles. The SMILES string of the molecule is Cc1nc(CN2CCN(C(=O)Cc3ccccc3F)CC2)cs1. The van der Waals surface area contributed by atoms with Gasteiger partial charge in [0.15, 0.2) is 0 Å². The van der Waals surface area contributed by atoms with E-state index in [2.05, 4.69) is 15.3 Å². The van der Waals surface area contributed by atoms with Gasteiger partial charge in [-0.15, -0.1) is 11.3 Å². The molecule has 1 aliphatic rings. The van der Waals surface area contributed by atoms with Crippen LogP contribution in [0.5, 0.6) is 0 Å². The van der Waals surface area contributed by atoms with E-state index in [4.69, 9.17) is 0 Å². The third-order valence-corrected chi connectivity index (χ3v) is 4.90. The summed E-state index contributed by atoms with van der Waals surface area (Å²) in [5.41, 5.74) is 1.57. The Labute approximate surface area is 139 Å². The number of carbonyl (C=O) groups is 1. The van der Waals surface area contributed by atoms with Crippen LogP contribution in [0.25, 0.3) is 0 Å². The van der Waals surface area contributed by atoms with Crippen molar-refractivity contribution in [3.8, 4) is 0 Å². The Kier molecular flexibility index (Phi) is 5.03. The van der Waals surface area contributed by atoms with Crippen molar-refractivity contribution in [3.63, 3.8) is 0 Å². The lowest BCUT2D eigenvalue weighted by atomic mass is 10.1. The van der Waals surface area contributed by atoms with E-state index < -0.39 is 0 Å². The molecule has 2 heterocycles. The second-order valence-electron chi connectivity index (χ2n) is 5.78. The molecule has 0 bridgehead atoms. The molecule has 4 nitrogen and oxygen atoms in total. The van der Waals surface area contributed by atoms with E-state index in [1.54, 1.807) is 29.5 Å². The zero-order chi connectivity index (χ0) is 16.2. The predicted octanol–water partition coefficient (Wildman–Crippen LogP) is 2.48. The van der Waals surface area contributed by atoms with Crippen molar-refractivity contribution in [2.75, 3.05) is 26.2 Å². The predicted molar refractivity (Wildman–Crippen MR) is 88.8 cm³/mol. The van der Waals surface area contributed by atoms with Gasteiger partial charge in [-0.05, 0) is 18.6 Å². The molecule has 6 heteroatoms. The largest absolute Gasteiger partial charge is 0.340 e. The molecule has 0 unspecified atom stereocenters. The van der Waals surface area contributed by atoms with E-state index in [9.17, 15) is 9.18 Å². The van der Waals surface area contributed by atoms with Crippen molar-refractivity contribution >= 4 is 17.2 Å². The molecular formula is C17H20FN3OS. The molecule has 122 valence electrons. The number of thiazole rings is 1. The van der Waals surface area contributed by atoms with Crippen molar-refractivity contribution in [3.05, 3.63) is 51.7 Å². The first-order valence-electron chi connectivity index (χ1n) is 7.76.